The Bertz CT molecular complexity index is 456. The molecule has 2 fully saturated rings. The quantitative estimate of drug-likeness (QED) is 0.917. The highest BCUT2D eigenvalue weighted by molar-refractivity contribution is 9.10. The second kappa shape index (κ2) is 5.40. The van der Waals surface area contributed by atoms with Gasteiger partial charge in [-0.3, -0.25) is 0 Å². The van der Waals surface area contributed by atoms with Gasteiger partial charge in [0.15, 0.2) is 0 Å². The summed E-state index contributed by atoms with van der Waals surface area (Å²) in [5, 5.41) is 3.56. The van der Waals surface area contributed by atoms with Gasteiger partial charge in [0.1, 0.15) is 5.75 Å². The van der Waals surface area contributed by atoms with Crippen LogP contribution in [-0.2, 0) is 14.9 Å². The summed E-state index contributed by atoms with van der Waals surface area (Å²) in [6, 6.07) is 6.58. The number of methoxy groups -OCH3 is 1. The topological polar surface area (TPSA) is 39.7 Å². The molecule has 2 heterocycles. The number of nitrogens with one attached hydrogen (secondary N) is 1. The van der Waals surface area contributed by atoms with Crippen molar-refractivity contribution < 1.29 is 14.2 Å². The van der Waals surface area contributed by atoms with Crippen molar-refractivity contribution in [2.45, 2.75) is 11.5 Å². The van der Waals surface area contributed by atoms with Crippen molar-refractivity contribution in [1.29, 1.82) is 0 Å². The minimum atomic E-state index is 0.0230. The first-order valence-electron chi connectivity index (χ1n) is 6.49. The van der Waals surface area contributed by atoms with Crippen molar-refractivity contribution in [2.75, 3.05) is 40.1 Å². The Balaban J connectivity index is 1.90. The molecule has 0 spiro atoms. The standard InChI is InChI=1S/C14H18BrNO3/c1-17-12-3-2-10(6-11(12)15)14(8-19-9-14)13-7-18-5-4-16-13/h2-3,6,13,16H,4-5,7-9H2,1H3. The van der Waals surface area contributed by atoms with E-state index in [4.69, 9.17) is 14.2 Å². The first-order valence-corrected chi connectivity index (χ1v) is 7.28. The van der Waals surface area contributed by atoms with Crippen molar-refractivity contribution in [2.24, 2.45) is 0 Å². The zero-order valence-electron chi connectivity index (χ0n) is 10.9. The highest BCUT2D eigenvalue weighted by Gasteiger charge is 2.48. The molecule has 4 nitrogen and oxygen atoms in total. The molecule has 1 aromatic rings. The van der Waals surface area contributed by atoms with E-state index in [-0.39, 0.29) is 5.41 Å². The van der Waals surface area contributed by atoms with Crippen molar-refractivity contribution in [3.8, 4) is 5.75 Å². The third kappa shape index (κ3) is 2.29. The number of hydrogen-bond acceptors (Lipinski definition) is 4. The van der Waals surface area contributed by atoms with Crippen LogP contribution in [0, 0.1) is 0 Å². The maximum atomic E-state index is 5.61. The number of benzene rings is 1. The molecule has 0 aliphatic carbocycles. The van der Waals surface area contributed by atoms with Gasteiger partial charge >= 0.3 is 0 Å². The van der Waals surface area contributed by atoms with E-state index in [1.165, 1.54) is 5.56 Å². The summed E-state index contributed by atoms with van der Waals surface area (Å²) in [4.78, 5) is 0. The van der Waals surface area contributed by atoms with Crippen LogP contribution >= 0.6 is 15.9 Å². The summed E-state index contributed by atoms with van der Waals surface area (Å²) in [5.74, 6) is 0.854. The van der Waals surface area contributed by atoms with Crippen LogP contribution in [0.4, 0.5) is 0 Å². The fraction of sp³-hybridized carbons (Fsp3) is 0.571. The van der Waals surface area contributed by atoms with E-state index in [1.54, 1.807) is 7.11 Å². The molecule has 5 heteroatoms. The maximum Gasteiger partial charge on any atom is 0.133 e. The molecule has 0 bridgehead atoms. The molecule has 1 aromatic carbocycles. The highest BCUT2D eigenvalue weighted by Crippen LogP contribution is 2.39. The molecule has 0 aromatic heterocycles. The first-order chi connectivity index (χ1) is 9.26. The van der Waals surface area contributed by atoms with Crippen LogP contribution in [0.25, 0.3) is 0 Å². The smallest absolute Gasteiger partial charge is 0.133 e. The van der Waals surface area contributed by atoms with Gasteiger partial charge in [0.05, 0.1) is 43.4 Å². The van der Waals surface area contributed by atoms with Crippen LogP contribution < -0.4 is 10.1 Å². The molecular weight excluding hydrogens is 310 g/mol. The molecule has 2 aliphatic heterocycles. The summed E-state index contributed by atoms with van der Waals surface area (Å²) >= 11 is 3.56. The van der Waals surface area contributed by atoms with Gasteiger partial charge in [-0.2, -0.15) is 0 Å². The highest BCUT2D eigenvalue weighted by atomic mass is 79.9. The zero-order valence-corrected chi connectivity index (χ0v) is 12.5. The molecule has 3 rings (SSSR count). The first kappa shape index (κ1) is 13.4. The average molecular weight is 328 g/mol. The normalized spacial score (nSPS) is 25.7. The van der Waals surface area contributed by atoms with Gasteiger partial charge in [0.2, 0.25) is 0 Å². The maximum absolute atomic E-state index is 5.61. The van der Waals surface area contributed by atoms with Gasteiger partial charge < -0.3 is 19.5 Å². The Morgan fingerprint density at radius 1 is 1.37 bits per heavy atom. The minimum absolute atomic E-state index is 0.0230. The van der Waals surface area contributed by atoms with E-state index in [1.807, 2.05) is 6.07 Å². The van der Waals surface area contributed by atoms with Crippen LogP contribution in [0.2, 0.25) is 0 Å². The second-order valence-electron chi connectivity index (χ2n) is 5.08. The number of rotatable bonds is 3. The third-order valence-electron chi connectivity index (χ3n) is 4.03. The Labute approximate surface area is 121 Å². The van der Waals surface area contributed by atoms with E-state index in [0.29, 0.717) is 6.04 Å². The summed E-state index contributed by atoms with van der Waals surface area (Å²) in [5.41, 5.74) is 1.30. The Morgan fingerprint density at radius 2 is 2.21 bits per heavy atom. The summed E-state index contributed by atoms with van der Waals surface area (Å²) in [6.07, 6.45) is 0. The molecule has 19 heavy (non-hydrogen) atoms. The van der Waals surface area contributed by atoms with Crippen LogP contribution in [0.5, 0.6) is 5.75 Å². The molecule has 2 saturated heterocycles. The summed E-state index contributed by atoms with van der Waals surface area (Å²) < 4.78 is 17.4. The zero-order chi connectivity index (χ0) is 13.3. The molecule has 0 saturated carbocycles. The van der Waals surface area contributed by atoms with E-state index >= 15 is 0 Å². The third-order valence-corrected chi connectivity index (χ3v) is 4.65. The molecular formula is C14H18BrNO3. The Hall–Kier alpha value is -0.620. The van der Waals surface area contributed by atoms with Gasteiger partial charge in [-0.1, -0.05) is 6.07 Å². The minimum Gasteiger partial charge on any atom is -0.496 e. The van der Waals surface area contributed by atoms with Gasteiger partial charge in [0.25, 0.3) is 0 Å². The molecule has 2 aliphatic rings. The molecule has 1 atom stereocenters. The summed E-state index contributed by atoms with van der Waals surface area (Å²) in [6.45, 7) is 3.93. The molecule has 1 N–H and O–H groups in total. The van der Waals surface area contributed by atoms with Crippen LogP contribution in [0.1, 0.15) is 5.56 Å². The van der Waals surface area contributed by atoms with Gasteiger partial charge in [0, 0.05) is 12.6 Å². The predicted molar refractivity (Wildman–Crippen MR) is 75.8 cm³/mol. The molecule has 0 amide bonds. The number of ether oxygens (including phenoxy) is 3. The second-order valence-corrected chi connectivity index (χ2v) is 5.93. The van der Waals surface area contributed by atoms with E-state index < -0.39 is 0 Å². The summed E-state index contributed by atoms with van der Waals surface area (Å²) in [7, 11) is 1.68. The van der Waals surface area contributed by atoms with Crippen molar-refractivity contribution in [1.82, 2.24) is 5.32 Å². The predicted octanol–water partition coefficient (Wildman–Crippen LogP) is 1.71. The van der Waals surface area contributed by atoms with Crippen LogP contribution in [0.15, 0.2) is 22.7 Å². The van der Waals surface area contributed by atoms with Gasteiger partial charge in [-0.15, -0.1) is 0 Å². The monoisotopic (exact) mass is 327 g/mol. The number of halogens is 1. The molecule has 0 radical (unpaired) electrons. The molecule has 1 unspecified atom stereocenters. The lowest BCUT2D eigenvalue weighted by Gasteiger charge is -2.49. The number of hydrogen-bond donors (Lipinski definition) is 1. The van der Waals surface area contributed by atoms with Crippen molar-refractivity contribution in [3.05, 3.63) is 28.2 Å². The van der Waals surface area contributed by atoms with Crippen molar-refractivity contribution >= 4 is 15.9 Å². The van der Waals surface area contributed by atoms with Crippen LogP contribution in [-0.4, -0.2) is 46.1 Å². The van der Waals surface area contributed by atoms with Crippen LogP contribution in [0.3, 0.4) is 0 Å². The SMILES string of the molecule is COc1ccc(C2(C3COCCN3)COC2)cc1Br. The van der Waals surface area contributed by atoms with E-state index in [2.05, 4.69) is 33.4 Å². The number of morpholine rings is 1. The lowest BCUT2D eigenvalue weighted by molar-refractivity contribution is -0.101. The fourth-order valence-electron chi connectivity index (χ4n) is 2.79. The lowest BCUT2D eigenvalue weighted by atomic mass is 9.72. The van der Waals surface area contributed by atoms with Gasteiger partial charge in [-0.25, -0.2) is 0 Å². The van der Waals surface area contributed by atoms with E-state index in [9.17, 15) is 0 Å². The Kier molecular flexibility index (Phi) is 3.80. The average Bonchev–Trinajstić information content (AvgIpc) is 2.39. The van der Waals surface area contributed by atoms with Crippen molar-refractivity contribution in [3.63, 3.8) is 0 Å². The Morgan fingerprint density at radius 3 is 2.74 bits per heavy atom. The van der Waals surface area contributed by atoms with Gasteiger partial charge in [-0.05, 0) is 33.6 Å². The lowest BCUT2D eigenvalue weighted by Crippen LogP contribution is -2.63. The van der Waals surface area contributed by atoms with E-state index in [0.717, 1.165) is 43.2 Å². The molecule has 104 valence electrons. The largest absolute Gasteiger partial charge is 0.496 e. The fourth-order valence-corrected chi connectivity index (χ4v) is 3.33.